The molecule has 0 spiro atoms. The molecule has 27 heavy (non-hydrogen) atoms. The number of carbonyl (C=O) groups is 2. The minimum Gasteiger partial charge on any atom is -0.495 e. The lowest BCUT2D eigenvalue weighted by molar-refractivity contribution is -0.119. The Hall–Kier alpha value is -3.61. The van der Waals surface area contributed by atoms with Crippen LogP contribution in [0.1, 0.15) is 16.1 Å². The van der Waals surface area contributed by atoms with Gasteiger partial charge in [0.15, 0.2) is 12.0 Å². The molecule has 7 heteroatoms. The van der Waals surface area contributed by atoms with E-state index in [1.54, 1.807) is 42.5 Å². The predicted molar refractivity (Wildman–Crippen MR) is 99.1 cm³/mol. The first-order valence-electron chi connectivity index (χ1n) is 8.12. The topological polar surface area (TPSA) is 94.8 Å². The van der Waals surface area contributed by atoms with Crippen LogP contribution in [0.4, 0.5) is 5.69 Å². The summed E-state index contributed by atoms with van der Waals surface area (Å²) < 4.78 is 15.5. The van der Waals surface area contributed by atoms with Gasteiger partial charge < -0.3 is 19.2 Å². The molecule has 0 fully saturated rings. The highest BCUT2D eigenvalue weighted by Gasteiger charge is 2.16. The van der Waals surface area contributed by atoms with Crippen molar-refractivity contribution in [3.05, 3.63) is 70.1 Å². The van der Waals surface area contributed by atoms with Gasteiger partial charge in [0.1, 0.15) is 11.3 Å². The molecule has 0 aliphatic heterocycles. The second kappa shape index (κ2) is 7.74. The summed E-state index contributed by atoms with van der Waals surface area (Å²) in [7, 11) is 1.48. The average molecular weight is 367 g/mol. The maximum absolute atomic E-state index is 12.1. The summed E-state index contributed by atoms with van der Waals surface area (Å²) >= 11 is 0. The molecule has 0 saturated carbocycles. The number of hydrogen-bond donors (Lipinski definition) is 1. The third-order valence-electron chi connectivity index (χ3n) is 3.80. The van der Waals surface area contributed by atoms with Crippen LogP contribution in [0.5, 0.6) is 5.75 Å². The van der Waals surface area contributed by atoms with Crippen LogP contribution in [0, 0.1) is 6.92 Å². The van der Waals surface area contributed by atoms with E-state index in [0.717, 1.165) is 11.6 Å². The van der Waals surface area contributed by atoms with Crippen molar-refractivity contribution < 1.29 is 23.5 Å². The van der Waals surface area contributed by atoms with E-state index in [2.05, 4.69) is 5.32 Å². The van der Waals surface area contributed by atoms with Gasteiger partial charge in [-0.15, -0.1) is 0 Å². The van der Waals surface area contributed by atoms with Crippen LogP contribution in [0.2, 0.25) is 0 Å². The number of fused-ring (bicyclic) bond motifs is 1. The molecule has 2 aromatic carbocycles. The van der Waals surface area contributed by atoms with Gasteiger partial charge >= 0.3 is 5.97 Å². The minimum atomic E-state index is -0.898. The van der Waals surface area contributed by atoms with Gasteiger partial charge in [-0.05, 0) is 31.2 Å². The number of amides is 1. The Balaban J connectivity index is 1.69. The number of methoxy groups -OCH3 is 1. The van der Waals surface area contributed by atoms with Gasteiger partial charge in [0.05, 0.1) is 18.2 Å². The van der Waals surface area contributed by atoms with E-state index in [4.69, 9.17) is 13.9 Å². The Morgan fingerprint density at radius 2 is 1.89 bits per heavy atom. The highest BCUT2D eigenvalue weighted by molar-refractivity contribution is 5.96. The summed E-state index contributed by atoms with van der Waals surface area (Å²) in [5.74, 6) is -1.23. The van der Waals surface area contributed by atoms with Gasteiger partial charge in [0, 0.05) is 6.07 Å². The predicted octanol–water partition coefficient (Wildman–Crippen LogP) is 2.91. The van der Waals surface area contributed by atoms with Gasteiger partial charge in [0.25, 0.3) is 5.91 Å². The fraction of sp³-hybridized carbons (Fsp3) is 0.150. The van der Waals surface area contributed by atoms with Crippen molar-refractivity contribution in [2.45, 2.75) is 6.92 Å². The molecule has 0 saturated heterocycles. The Labute approximate surface area is 154 Å². The van der Waals surface area contributed by atoms with Crippen LogP contribution >= 0.6 is 0 Å². The lowest BCUT2D eigenvalue weighted by atomic mass is 10.1. The number of para-hydroxylation sites is 2. The summed E-state index contributed by atoms with van der Waals surface area (Å²) in [4.78, 5) is 36.3. The number of ether oxygens (including phenoxy) is 2. The number of esters is 1. The molecule has 0 atom stereocenters. The van der Waals surface area contributed by atoms with E-state index in [-0.39, 0.29) is 16.8 Å². The van der Waals surface area contributed by atoms with Gasteiger partial charge in [0.2, 0.25) is 5.76 Å². The summed E-state index contributed by atoms with van der Waals surface area (Å²) in [6, 6.07) is 12.9. The highest BCUT2D eigenvalue weighted by Crippen LogP contribution is 2.22. The fourth-order valence-corrected chi connectivity index (χ4v) is 2.51. The molecule has 3 rings (SSSR count). The minimum absolute atomic E-state index is 0.263. The van der Waals surface area contributed by atoms with Crippen molar-refractivity contribution in [3.63, 3.8) is 0 Å². The average Bonchev–Trinajstić information content (AvgIpc) is 2.67. The zero-order valence-electron chi connectivity index (χ0n) is 14.8. The zero-order chi connectivity index (χ0) is 19.4. The van der Waals surface area contributed by atoms with E-state index >= 15 is 0 Å². The number of benzene rings is 2. The van der Waals surface area contributed by atoms with Gasteiger partial charge in [-0.25, -0.2) is 4.79 Å². The monoisotopic (exact) mass is 367 g/mol. The highest BCUT2D eigenvalue weighted by atomic mass is 16.5. The van der Waals surface area contributed by atoms with Crippen molar-refractivity contribution in [1.29, 1.82) is 0 Å². The van der Waals surface area contributed by atoms with E-state index in [1.807, 2.05) is 6.92 Å². The molecule has 1 heterocycles. The van der Waals surface area contributed by atoms with E-state index in [1.165, 1.54) is 7.11 Å². The first-order valence-corrected chi connectivity index (χ1v) is 8.12. The Bertz CT molecular complexity index is 1070. The molecule has 1 aromatic heterocycles. The lowest BCUT2D eigenvalue weighted by Crippen LogP contribution is -2.21. The van der Waals surface area contributed by atoms with Gasteiger partial charge in [-0.1, -0.05) is 23.8 Å². The molecule has 0 bridgehead atoms. The molecule has 7 nitrogen and oxygen atoms in total. The summed E-state index contributed by atoms with van der Waals surface area (Å²) in [5, 5.41) is 2.96. The summed E-state index contributed by atoms with van der Waals surface area (Å²) in [6.45, 7) is 1.31. The maximum Gasteiger partial charge on any atom is 0.374 e. The van der Waals surface area contributed by atoms with Crippen LogP contribution < -0.4 is 15.5 Å². The second-order valence-electron chi connectivity index (χ2n) is 5.80. The lowest BCUT2D eigenvalue weighted by Gasteiger charge is -2.10. The first-order chi connectivity index (χ1) is 13.0. The second-order valence-corrected chi connectivity index (χ2v) is 5.80. The van der Waals surface area contributed by atoms with Crippen LogP contribution in [0.3, 0.4) is 0 Å². The van der Waals surface area contributed by atoms with E-state index in [0.29, 0.717) is 16.8 Å². The number of carbonyl (C=O) groups excluding carboxylic acids is 2. The number of anilines is 1. The third-order valence-corrected chi connectivity index (χ3v) is 3.80. The largest absolute Gasteiger partial charge is 0.495 e. The SMILES string of the molecule is COc1ccccc1NC(=O)COC(=O)c1cc(=O)c2cc(C)ccc2o1. The molecule has 1 amide bonds. The van der Waals surface area contributed by atoms with Crippen LogP contribution in [-0.4, -0.2) is 25.6 Å². The van der Waals surface area contributed by atoms with Crippen LogP contribution in [0.25, 0.3) is 11.0 Å². The molecule has 0 unspecified atom stereocenters. The number of rotatable bonds is 5. The Morgan fingerprint density at radius 3 is 2.67 bits per heavy atom. The first kappa shape index (κ1) is 18.2. The maximum atomic E-state index is 12.1. The van der Waals surface area contributed by atoms with Crippen molar-refractivity contribution in [2.24, 2.45) is 0 Å². The Morgan fingerprint density at radius 1 is 1.11 bits per heavy atom. The summed E-state index contributed by atoms with van der Waals surface area (Å²) in [6.07, 6.45) is 0. The molecule has 3 aromatic rings. The van der Waals surface area contributed by atoms with Gasteiger partial charge in [-0.3, -0.25) is 9.59 Å². The number of hydrogen-bond acceptors (Lipinski definition) is 6. The smallest absolute Gasteiger partial charge is 0.374 e. The van der Waals surface area contributed by atoms with Crippen LogP contribution in [-0.2, 0) is 9.53 Å². The van der Waals surface area contributed by atoms with Crippen LogP contribution in [0.15, 0.2) is 57.7 Å². The number of nitrogens with one attached hydrogen (secondary N) is 1. The zero-order valence-corrected chi connectivity index (χ0v) is 14.8. The number of aryl methyl sites for hydroxylation is 1. The van der Waals surface area contributed by atoms with Crippen molar-refractivity contribution in [1.82, 2.24) is 0 Å². The third kappa shape index (κ3) is 4.14. The van der Waals surface area contributed by atoms with Gasteiger partial charge in [-0.2, -0.15) is 0 Å². The fourth-order valence-electron chi connectivity index (χ4n) is 2.51. The normalized spacial score (nSPS) is 10.4. The van der Waals surface area contributed by atoms with E-state index in [9.17, 15) is 14.4 Å². The quantitative estimate of drug-likeness (QED) is 0.697. The van der Waals surface area contributed by atoms with Crippen molar-refractivity contribution >= 4 is 28.5 Å². The molecular formula is C20H17NO6. The molecular weight excluding hydrogens is 350 g/mol. The van der Waals surface area contributed by atoms with Crippen molar-refractivity contribution in [3.8, 4) is 5.75 Å². The van der Waals surface area contributed by atoms with E-state index < -0.39 is 18.5 Å². The molecule has 0 aliphatic rings. The Kier molecular flexibility index (Phi) is 5.21. The summed E-state index contributed by atoms with van der Waals surface area (Å²) in [5.41, 5.74) is 1.27. The molecule has 1 N–H and O–H groups in total. The molecule has 0 aliphatic carbocycles. The molecule has 0 radical (unpaired) electrons. The van der Waals surface area contributed by atoms with Crippen molar-refractivity contribution in [2.75, 3.05) is 19.0 Å². The molecule has 138 valence electrons. The standard InChI is InChI=1S/C20H17NO6/c1-12-7-8-16-13(9-12)15(22)10-18(27-16)20(24)26-11-19(23)21-14-5-3-4-6-17(14)25-2/h3-10H,11H2,1-2H3,(H,21,23).